The van der Waals surface area contributed by atoms with Crippen LogP contribution in [0.1, 0.15) is 23.2 Å². The molecule has 1 heterocycles. The van der Waals surface area contributed by atoms with Crippen molar-refractivity contribution in [3.05, 3.63) is 28.0 Å². The van der Waals surface area contributed by atoms with Crippen molar-refractivity contribution in [2.45, 2.75) is 23.8 Å². The number of sulfone groups is 1. The van der Waals surface area contributed by atoms with E-state index in [2.05, 4.69) is 26.6 Å². The molecule has 1 aliphatic heterocycles. The number of piperidine rings is 1. The summed E-state index contributed by atoms with van der Waals surface area (Å²) < 4.78 is 37.8. The van der Waals surface area contributed by atoms with Gasteiger partial charge in [0.1, 0.15) is 4.90 Å². The van der Waals surface area contributed by atoms with E-state index in [0.717, 1.165) is 38.3 Å². The maximum absolute atomic E-state index is 14.3. The van der Waals surface area contributed by atoms with Gasteiger partial charge in [-0.05, 0) is 38.1 Å². The summed E-state index contributed by atoms with van der Waals surface area (Å²) in [5.74, 6) is -1.60. The van der Waals surface area contributed by atoms with E-state index < -0.39 is 26.5 Å². The summed E-state index contributed by atoms with van der Waals surface area (Å²) in [6, 6.07) is 2.42. The van der Waals surface area contributed by atoms with E-state index >= 15 is 0 Å². The number of benzene rings is 1. The Hall–Kier alpha value is -0.700. The second kappa shape index (κ2) is 7.72. The molecule has 0 unspecified atom stereocenters. The molecule has 1 aliphatic rings. The zero-order valence-electron chi connectivity index (χ0n) is 11.9. The van der Waals surface area contributed by atoms with E-state index in [1.807, 2.05) is 0 Å². The SMILES string of the molecule is CS(=O)(=O)c1cc(Br)cc(C(=O)NC2CCNCC2)c1F.Cl. The van der Waals surface area contributed by atoms with Crippen molar-refractivity contribution in [2.24, 2.45) is 0 Å². The quantitative estimate of drug-likeness (QED) is 0.790. The van der Waals surface area contributed by atoms with Gasteiger partial charge in [0.05, 0.1) is 5.56 Å². The number of hydrogen-bond acceptors (Lipinski definition) is 4. The number of amides is 1. The summed E-state index contributed by atoms with van der Waals surface area (Å²) in [4.78, 5) is 11.7. The summed E-state index contributed by atoms with van der Waals surface area (Å²) in [5.41, 5.74) is -0.261. The van der Waals surface area contributed by atoms with Crippen LogP contribution in [-0.4, -0.2) is 39.7 Å². The highest BCUT2D eigenvalue weighted by Crippen LogP contribution is 2.24. The van der Waals surface area contributed by atoms with E-state index in [1.54, 1.807) is 0 Å². The van der Waals surface area contributed by atoms with E-state index in [1.165, 1.54) is 6.07 Å². The minimum Gasteiger partial charge on any atom is -0.349 e. The number of hydrogen-bond donors (Lipinski definition) is 2. The second-order valence-corrected chi connectivity index (χ2v) is 7.94. The molecule has 2 rings (SSSR count). The average molecular weight is 416 g/mol. The smallest absolute Gasteiger partial charge is 0.254 e. The van der Waals surface area contributed by atoms with Gasteiger partial charge in [-0.15, -0.1) is 12.4 Å². The fourth-order valence-electron chi connectivity index (χ4n) is 2.23. The molecular formula is C13H17BrClFN2O3S. The molecule has 0 bridgehead atoms. The predicted octanol–water partition coefficient (Wildman–Crippen LogP) is 1.90. The van der Waals surface area contributed by atoms with Crippen molar-refractivity contribution < 1.29 is 17.6 Å². The first kappa shape index (κ1) is 19.3. The van der Waals surface area contributed by atoms with Crippen LogP contribution in [0.3, 0.4) is 0 Å². The van der Waals surface area contributed by atoms with Crippen molar-refractivity contribution in [3.63, 3.8) is 0 Å². The van der Waals surface area contributed by atoms with Gasteiger partial charge in [-0.25, -0.2) is 12.8 Å². The van der Waals surface area contributed by atoms with E-state index in [4.69, 9.17) is 0 Å². The molecule has 0 aliphatic carbocycles. The maximum Gasteiger partial charge on any atom is 0.254 e. The second-order valence-electron chi connectivity index (χ2n) is 5.04. The Morgan fingerprint density at radius 2 is 1.95 bits per heavy atom. The molecule has 0 atom stereocenters. The number of nitrogens with one attached hydrogen (secondary N) is 2. The maximum atomic E-state index is 14.3. The molecule has 0 aromatic heterocycles. The molecule has 1 aromatic carbocycles. The highest BCUT2D eigenvalue weighted by Gasteiger charge is 2.24. The molecule has 124 valence electrons. The largest absolute Gasteiger partial charge is 0.349 e. The molecule has 0 spiro atoms. The van der Waals surface area contributed by atoms with Gasteiger partial charge in [0.2, 0.25) is 0 Å². The minimum atomic E-state index is -3.74. The summed E-state index contributed by atoms with van der Waals surface area (Å²) >= 11 is 3.11. The Morgan fingerprint density at radius 1 is 1.36 bits per heavy atom. The molecule has 2 N–H and O–H groups in total. The first-order chi connectivity index (χ1) is 9.79. The van der Waals surface area contributed by atoms with Crippen LogP contribution in [0.4, 0.5) is 4.39 Å². The molecular weight excluding hydrogens is 399 g/mol. The van der Waals surface area contributed by atoms with E-state index in [0.29, 0.717) is 4.47 Å². The van der Waals surface area contributed by atoms with Gasteiger partial charge in [0.15, 0.2) is 15.7 Å². The molecule has 22 heavy (non-hydrogen) atoms. The highest BCUT2D eigenvalue weighted by atomic mass is 79.9. The Morgan fingerprint density at radius 3 is 2.50 bits per heavy atom. The first-order valence-corrected chi connectivity index (χ1v) is 9.18. The van der Waals surface area contributed by atoms with Gasteiger partial charge < -0.3 is 10.6 Å². The lowest BCUT2D eigenvalue weighted by molar-refractivity contribution is 0.0925. The average Bonchev–Trinajstić information content (AvgIpc) is 2.40. The summed E-state index contributed by atoms with van der Waals surface area (Å²) in [6.07, 6.45) is 2.44. The molecule has 0 radical (unpaired) electrons. The fourth-order valence-corrected chi connectivity index (χ4v) is 3.61. The van der Waals surface area contributed by atoms with Gasteiger partial charge in [0.25, 0.3) is 5.91 Å². The topological polar surface area (TPSA) is 75.3 Å². The zero-order chi connectivity index (χ0) is 15.6. The Balaban J connectivity index is 0.00000242. The molecule has 5 nitrogen and oxygen atoms in total. The predicted molar refractivity (Wildman–Crippen MR) is 87.8 cm³/mol. The number of carbonyl (C=O) groups excluding carboxylic acids is 1. The summed E-state index contributed by atoms with van der Waals surface area (Å²) in [5, 5.41) is 5.91. The van der Waals surface area contributed by atoms with Gasteiger partial charge >= 0.3 is 0 Å². The monoisotopic (exact) mass is 414 g/mol. The van der Waals surface area contributed by atoms with Gasteiger partial charge in [-0.1, -0.05) is 15.9 Å². The normalized spacial score (nSPS) is 16.0. The lowest BCUT2D eigenvalue weighted by Crippen LogP contribution is -2.43. The Kier molecular flexibility index (Phi) is 6.79. The number of halogens is 3. The minimum absolute atomic E-state index is 0. The molecule has 1 saturated heterocycles. The lowest BCUT2D eigenvalue weighted by Gasteiger charge is -2.23. The molecule has 1 amide bonds. The van der Waals surface area contributed by atoms with Crippen molar-refractivity contribution in [3.8, 4) is 0 Å². The van der Waals surface area contributed by atoms with Gasteiger partial charge in [-0.2, -0.15) is 0 Å². The third-order valence-corrected chi connectivity index (χ3v) is 4.88. The van der Waals surface area contributed by atoms with Crippen LogP contribution < -0.4 is 10.6 Å². The fraction of sp³-hybridized carbons (Fsp3) is 0.462. The molecule has 1 aromatic rings. The Bertz CT molecular complexity index is 663. The summed E-state index contributed by atoms with van der Waals surface area (Å²) in [7, 11) is -3.74. The standard InChI is InChI=1S/C13H16BrFN2O3S.ClH/c1-21(19,20)11-7-8(14)6-10(12(11)15)13(18)17-9-2-4-16-5-3-9;/h6-7,9,16H,2-5H2,1H3,(H,17,18);1H. The summed E-state index contributed by atoms with van der Waals surface area (Å²) in [6.45, 7) is 1.58. The van der Waals surface area contributed by atoms with Crippen LogP contribution >= 0.6 is 28.3 Å². The van der Waals surface area contributed by atoms with Crippen molar-refractivity contribution >= 4 is 44.1 Å². The number of carbonyl (C=O) groups is 1. The molecule has 0 saturated carbocycles. The van der Waals surface area contributed by atoms with E-state index in [-0.39, 0.29) is 24.0 Å². The Labute approximate surface area is 143 Å². The van der Waals surface area contributed by atoms with Gasteiger partial charge in [-0.3, -0.25) is 4.79 Å². The third kappa shape index (κ3) is 4.65. The molecule has 9 heteroatoms. The van der Waals surface area contributed by atoms with Crippen molar-refractivity contribution in [1.82, 2.24) is 10.6 Å². The van der Waals surface area contributed by atoms with Crippen LogP contribution in [-0.2, 0) is 9.84 Å². The van der Waals surface area contributed by atoms with Crippen LogP contribution in [0.25, 0.3) is 0 Å². The van der Waals surface area contributed by atoms with Crippen molar-refractivity contribution in [2.75, 3.05) is 19.3 Å². The van der Waals surface area contributed by atoms with Crippen LogP contribution in [0, 0.1) is 5.82 Å². The van der Waals surface area contributed by atoms with Crippen LogP contribution in [0.15, 0.2) is 21.5 Å². The molecule has 1 fully saturated rings. The van der Waals surface area contributed by atoms with Crippen LogP contribution in [0.5, 0.6) is 0 Å². The van der Waals surface area contributed by atoms with Crippen LogP contribution in [0.2, 0.25) is 0 Å². The third-order valence-electron chi connectivity index (χ3n) is 3.32. The highest BCUT2D eigenvalue weighted by molar-refractivity contribution is 9.10. The lowest BCUT2D eigenvalue weighted by atomic mass is 10.1. The number of rotatable bonds is 3. The zero-order valence-corrected chi connectivity index (χ0v) is 15.1. The van der Waals surface area contributed by atoms with Gasteiger partial charge in [0, 0.05) is 16.8 Å². The van der Waals surface area contributed by atoms with Crippen molar-refractivity contribution in [1.29, 1.82) is 0 Å². The van der Waals surface area contributed by atoms with E-state index in [9.17, 15) is 17.6 Å². The first-order valence-electron chi connectivity index (χ1n) is 6.49.